The highest BCUT2D eigenvalue weighted by Gasteiger charge is 2.31. The van der Waals surface area contributed by atoms with Crippen molar-refractivity contribution in [2.45, 2.75) is 31.9 Å². The molecule has 1 N–H and O–H groups in total. The van der Waals surface area contributed by atoms with Crippen LogP contribution in [0.25, 0.3) is 0 Å². The Labute approximate surface area is 107 Å². The fourth-order valence-electron chi connectivity index (χ4n) is 1.93. The minimum atomic E-state index is -0.663. The number of benzene rings is 1. The third-order valence-corrected chi connectivity index (χ3v) is 3.42. The SMILES string of the molecule is CCNC1CC(Oc2c(F)cc(F)cc2Br)C1. The lowest BCUT2D eigenvalue weighted by Crippen LogP contribution is -2.46. The van der Waals surface area contributed by atoms with Crippen LogP contribution >= 0.6 is 15.9 Å². The molecule has 1 fully saturated rings. The monoisotopic (exact) mass is 305 g/mol. The third kappa shape index (κ3) is 2.96. The molecule has 2 rings (SSSR count). The van der Waals surface area contributed by atoms with Crippen molar-refractivity contribution in [3.8, 4) is 5.75 Å². The molecule has 0 amide bonds. The Morgan fingerprint density at radius 3 is 2.71 bits per heavy atom. The molecule has 0 bridgehead atoms. The van der Waals surface area contributed by atoms with E-state index in [0.29, 0.717) is 10.5 Å². The second-order valence-electron chi connectivity index (χ2n) is 4.16. The van der Waals surface area contributed by atoms with Gasteiger partial charge in [0.25, 0.3) is 0 Å². The predicted molar refractivity (Wildman–Crippen MR) is 65.2 cm³/mol. The molecule has 17 heavy (non-hydrogen) atoms. The van der Waals surface area contributed by atoms with Gasteiger partial charge in [-0.05, 0) is 41.4 Å². The zero-order valence-electron chi connectivity index (χ0n) is 9.47. The topological polar surface area (TPSA) is 21.3 Å². The maximum absolute atomic E-state index is 13.5. The Kier molecular flexibility index (Phi) is 3.99. The first-order chi connectivity index (χ1) is 8.10. The molecule has 0 atom stereocenters. The van der Waals surface area contributed by atoms with Gasteiger partial charge in [0.05, 0.1) is 4.47 Å². The Hall–Kier alpha value is -0.680. The van der Waals surface area contributed by atoms with E-state index in [9.17, 15) is 8.78 Å². The normalized spacial score (nSPS) is 23.3. The van der Waals surface area contributed by atoms with Gasteiger partial charge in [0.15, 0.2) is 11.6 Å². The number of rotatable bonds is 4. The van der Waals surface area contributed by atoms with E-state index in [4.69, 9.17) is 4.74 Å². The second kappa shape index (κ2) is 5.31. The van der Waals surface area contributed by atoms with Gasteiger partial charge >= 0.3 is 0 Å². The largest absolute Gasteiger partial charge is 0.486 e. The summed E-state index contributed by atoms with van der Waals surface area (Å²) in [6.45, 7) is 2.97. The van der Waals surface area contributed by atoms with Crippen LogP contribution in [-0.2, 0) is 0 Å². The standard InChI is InChI=1S/C12H14BrF2NO/c1-2-16-8-5-9(6-8)17-12-10(13)3-7(14)4-11(12)15/h3-4,8-9,16H,2,5-6H2,1H3. The van der Waals surface area contributed by atoms with E-state index in [1.807, 2.05) is 6.92 Å². The molecule has 94 valence electrons. The molecular formula is C12H14BrF2NO. The summed E-state index contributed by atoms with van der Waals surface area (Å²) in [7, 11) is 0. The zero-order valence-corrected chi connectivity index (χ0v) is 11.1. The molecule has 1 aliphatic carbocycles. The minimum Gasteiger partial charge on any atom is -0.486 e. The lowest BCUT2D eigenvalue weighted by molar-refractivity contribution is 0.0809. The van der Waals surface area contributed by atoms with Crippen LogP contribution in [0.4, 0.5) is 8.78 Å². The Bertz CT molecular complexity index is 384. The van der Waals surface area contributed by atoms with Crippen molar-refractivity contribution in [1.29, 1.82) is 0 Å². The van der Waals surface area contributed by atoms with Crippen LogP contribution in [0.15, 0.2) is 16.6 Å². The number of hydrogen-bond acceptors (Lipinski definition) is 2. The van der Waals surface area contributed by atoms with Crippen LogP contribution in [0.2, 0.25) is 0 Å². The summed E-state index contributed by atoms with van der Waals surface area (Å²) in [6, 6.07) is 2.49. The minimum absolute atomic E-state index is 0.00955. The van der Waals surface area contributed by atoms with E-state index >= 15 is 0 Å². The van der Waals surface area contributed by atoms with E-state index in [1.165, 1.54) is 6.07 Å². The molecule has 0 unspecified atom stereocenters. The van der Waals surface area contributed by atoms with Gasteiger partial charge in [-0.3, -0.25) is 0 Å². The molecule has 0 saturated heterocycles. The summed E-state index contributed by atoms with van der Waals surface area (Å²) in [5, 5.41) is 3.29. The van der Waals surface area contributed by atoms with Gasteiger partial charge in [0, 0.05) is 12.1 Å². The van der Waals surface area contributed by atoms with E-state index in [1.54, 1.807) is 0 Å². The van der Waals surface area contributed by atoms with Gasteiger partial charge in [-0.1, -0.05) is 6.92 Å². The fourth-order valence-corrected chi connectivity index (χ4v) is 2.43. The Balaban J connectivity index is 1.97. The molecule has 0 spiro atoms. The van der Waals surface area contributed by atoms with Crippen LogP contribution in [0.5, 0.6) is 5.75 Å². The van der Waals surface area contributed by atoms with Crippen LogP contribution in [0.1, 0.15) is 19.8 Å². The quantitative estimate of drug-likeness (QED) is 0.922. The van der Waals surface area contributed by atoms with Crippen molar-refractivity contribution in [3.05, 3.63) is 28.2 Å². The average molecular weight is 306 g/mol. The van der Waals surface area contributed by atoms with E-state index in [2.05, 4.69) is 21.2 Å². The van der Waals surface area contributed by atoms with Crippen LogP contribution < -0.4 is 10.1 Å². The Morgan fingerprint density at radius 1 is 1.41 bits per heavy atom. The number of halogens is 3. The van der Waals surface area contributed by atoms with Gasteiger partial charge in [0.2, 0.25) is 0 Å². The van der Waals surface area contributed by atoms with Crippen molar-refractivity contribution in [2.75, 3.05) is 6.54 Å². The molecule has 5 heteroatoms. The molecule has 2 nitrogen and oxygen atoms in total. The van der Waals surface area contributed by atoms with Crippen molar-refractivity contribution in [2.24, 2.45) is 0 Å². The van der Waals surface area contributed by atoms with Gasteiger partial charge in [-0.15, -0.1) is 0 Å². The van der Waals surface area contributed by atoms with E-state index in [0.717, 1.165) is 25.5 Å². The smallest absolute Gasteiger partial charge is 0.169 e. The number of nitrogens with one attached hydrogen (secondary N) is 1. The molecule has 1 aliphatic rings. The van der Waals surface area contributed by atoms with Crippen LogP contribution in [-0.4, -0.2) is 18.7 Å². The molecule has 0 aliphatic heterocycles. The van der Waals surface area contributed by atoms with Gasteiger partial charge in [-0.2, -0.15) is 0 Å². The highest BCUT2D eigenvalue weighted by Crippen LogP contribution is 2.33. The van der Waals surface area contributed by atoms with Crippen LogP contribution in [0.3, 0.4) is 0 Å². The molecule has 0 radical (unpaired) electrons. The first kappa shape index (κ1) is 12.8. The maximum Gasteiger partial charge on any atom is 0.169 e. The first-order valence-electron chi connectivity index (χ1n) is 5.64. The van der Waals surface area contributed by atoms with E-state index < -0.39 is 11.6 Å². The van der Waals surface area contributed by atoms with Crippen molar-refractivity contribution >= 4 is 15.9 Å². The number of ether oxygens (including phenoxy) is 1. The van der Waals surface area contributed by atoms with E-state index in [-0.39, 0.29) is 11.9 Å². The first-order valence-corrected chi connectivity index (χ1v) is 6.44. The summed E-state index contributed by atoms with van der Waals surface area (Å²) >= 11 is 3.10. The molecule has 1 aromatic rings. The molecule has 0 aromatic heterocycles. The predicted octanol–water partition coefficient (Wildman–Crippen LogP) is 3.25. The van der Waals surface area contributed by atoms with Gasteiger partial charge in [-0.25, -0.2) is 8.78 Å². The lowest BCUT2D eigenvalue weighted by Gasteiger charge is -2.36. The Morgan fingerprint density at radius 2 is 2.12 bits per heavy atom. The lowest BCUT2D eigenvalue weighted by atomic mass is 9.89. The van der Waals surface area contributed by atoms with Crippen molar-refractivity contribution in [3.63, 3.8) is 0 Å². The summed E-state index contributed by atoms with van der Waals surface area (Å²) < 4.78 is 32.2. The summed E-state index contributed by atoms with van der Waals surface area (Å²) in [4.78, 5) is 0. The van der Waals surface area contributed by atoms with Crippen molar-refractivity contribution in [1.82, 2.24) is 5.32 Å². The summed E-state index contributed by atoms with van der Waals surface area (Å²) in [6.07, 6.45) is 1.73. The highest BCUT2D eigenvalue weighted by atomic mass is 79.9. The van der Waals surface area contributed by atoms with Crippen molar-refractivity contribution < 1.29 is 13.5 Å². The molecule has 0 heterocycles. The van der Waals surface area contributed by atoms with Crippen LogP contribution in [0, 0.1) is 11.6 Å². The maximum atomic E-state index is 13.5. The molecule has 1 aromatic carbocycles. The van der Waals surface area contributed by atoms with Gasteiger partial charge in [0.1, 0.15) is 11.9 Å². The summed E-state index contributed by atoms with van der Waals surface area (Å²) in [5.41, 5.74) is 0. The third-order valence-electron chi connectivity index (χ3n) is 2.84. The molecular weight excluding hydrogens is 292 g/mol. The fraction of sp³-hybridized carbons (Fsp3) is 0.500. The highest BCUT2D eigenvalue weighted by molar-refractivity contribution is 9.10. The van der Waals surface area contributed by atoms with Gasteiger partial charge < -0.3 is 10.1 Å². The zero-order chi connectivity index (χ0) is 12.4. The second-order valence-corrected chi connectivity index (χ2v) is 5.02. The number of hydrogen-bond donors (Lipinski definition) is 1. The average Bonchev–Trinajstić information content (AvgIpc) is 2.18. The molecule has 1 saturated carbocycles. The summed E-state index contributed by atoms with van der Waals surface area (Å²) in [5.74, 6) is -1.17.